The van der Waals surface area contributed by atoms with E-state index in [1.807, 2.05) is 62.4 Å². The van der Waals surface area contributed by atoms with Gasteiger partial charge in [-0.25, -0.2) is 4.79 Å². The number of aromatic nitrogens is 6. The number of carbonyl (C=O) groups is 1. The van der Waals surface area contributed by atoms with E-state index < -0.39 is 17.0 Å². The Balaban J connectivity index is 1.65. The molecule has 0 amide bonds. The van der Waals surface area contributed by atoms with Crippen LogP contribution in [0, 0.1) is 13.8 Å². The van der Waals surface area contributed by atoms with Crippen molar-refractivity contribution in [1.29, 1.82) is 0 Å². The largest absolute Gasteiger partial charge is 0.384 e. The molecule has 2 aromatic carbocycles. The average molecular weight is 478 g/mol. The number of nitrogens with zero attached hydrogens (tertiary/aromatic N) is 6. The fourth-order valence-electron chi connectivity index (χ4n) is 3.72. The lowest BCUT2D eigenvalue weighted by Crippen LogP contribution is -2.43. The van der Waals surface area contributed by atoms with Crippen molar-refractivity contribution >= 4 is 23.4 Å². The molecule has 2 N–H and O–H groups in total. The van der Waals surface area contributed by atoms with Gasteiger partial charge in [0.05, 0.1) is 18.0 Å². The van der Waals surface area contributed by atoms with E-state index in [-0.39, 0.29) is 23.7 Å². The quantitative estimate of drug-likeness (QED) is 0.315. The van der Waals surface area contributed by atoms with Crippen molar-refractivity contribution < 1.29 is 4.79 Å². The molecular formula is C23H23N7O3S. The Labute approximate surface area is 199 Å². The number of anilines is 1. The van der Waals surface area contributed by atoms with Gasteiger partial charge in [-0.2, -0.15) is 4.68 Å². The Morgan fingerprint density at radius 3 is 2.38 bits per heavy atom. The van der Waals surface area contributed by atoms with Gasteiger partial charge in [0, 0.05) is 7.05 Å². The molecular weight excluding hydrogens is 454 g/mol. The fraction of sp³-hybridized carbons (Fsp3) is 0.217. The van der Waals surface area contributed by atoms with Crippen LogP contribution in [0.2, 0.25) is 0 Å². The first-order valence-corrected chi connectivity index (χ1v) is 11.4. The third-order valence-electron chi connectivity index (χ3n) is 5.47. The predicted octanol–water partition coefficient (Wildman–Crippen LogP) is 1.75. The summed E-state index contributed by atoms with van der Waals surface area (Å²) in [6, 6.07) is 15.0. The zero-order chi connectivity index (χ0) is 24.4. The van der Waals surface area contributed by atoms with Gasteiger partial charge in [0.15, 0.2) is 5.78 Å². The number of thioether (sulfide) groups is 1. The maximum absolute atomic E-state index is 13.1. The van der Waals surface area contributed by atoms with Crippen molar-refractivity contribution in [2.45, 2.75) is 25.5 Å². The predicted molar refractivity (Wildman–Crippen MR) is 130 cm³/mol. The monoisotopic (exact) mass is 477 g/mol. The minimum Gasteiger partial charge on any atom is -0.384 e. The van der Waals surface area contributed by atoms with Gasteiger partial charge in [-0.05, 0) is 41.0 Å². The number of benzene rings is 2. The summed E-state index contributed by atoms with van der Waals surface area (Å²) >= 11 is 1.09. The van der Waals surface area contributed by atoms with E-state index in [9.17, 15) is 14.4 Å². The summed E-state index contributed by atoms with van der Waals surface area (Å²) in [6.45, 7) is 4.03. The Morgan fingerprint density at radius 1 is 1.03 bits per heavy atom. The second-order valence-corrected chi connectivity index (χ2v) is 8.75. The molecule has 0 aliphatic heterocycles. The van der Waals surface area contributed by atoms with Crippen LogP contribution in [-0.4, -0.2) is 40.9 Å². The number of para-hydroxylation sites is 1. The summed E-state index contributed by atoms with van der Waals surface area (Å²) < 4.78 is 3.70. The van der Waals surface area contributed by atoms with Gasteiger partial charge in [-0.15, -0.1) is 5.10 Å². The first-order chi connectivity index (χ1) is 16.3. The van der Waals surface area contributed by atoms with Gasteiger partial charge in [-0.1, -0.05) is 60.3 Å². The minimum absolute atomic E-state index is 0.131. The van der Waals surface area contributed by atoms with E-state index in [1.165, 1.54) is 11.6 Å². The molecule has 0 saturated heterocycles. The number of hydrogen-bond acceptors (Lipinski definition) is 8. The summed E-state index contributed by atoms with van der Waals surface area (Å²) in [4.78, 5) is 38.6. The fourth-order valence-corrected chi connectivity index (χ4v) is 4.46. The number of hydrogen-bond donors (Lipinski definition) is 1. The molecule has 174 valence electrons. The molecule has 10 nitrogen and oxygen atoms in total. The number of carbonyl (C=O) groups excluding carboxylic acids is 1. The third-order valence-corrected chi connectivity index (χ3v) is 6.39. The summed E-state index contributed by atoms with van der Waals surface area (Å²) in [5.74, 6) is -0.799. The smallest absolute Gasteiger partial charge is 0.332 e. The molecule has 11 heteroatoms. The van der Waals surface area contributed by atoms with E-state index >= 15 is 0 Å². The molecule has 0 aliphatic rings. The van der Waals surface area contributed by atoms with Crippen LogP contribution >= 0.6 is 11.8 Å². The molecule has 0 aliphatic carbocycles. The number of nitrogen functional groups attached to an aromatic ring is 1. The molecule has 0 unspecified atom stereocenters. The molecule has 0 fully saturated rings. The highest BCUT2D eigenvalue weighted by molar-refractivity contribution is 7.99. The maximum atomic E-state index is 13.1. The molecule has 2 heterocycles. The number of rotatable bonds is 7. The van der Waals surface area contributed by atoms with Crippen molar-refractivity contribution in [2.75, 3.05) is 11.5 Å². The van der Waals surface area contributed by atoms with Gasteiger partial charge < -0.3 is 5.73 Å². The van der Waals surface area contributed by atoms with Crippen LogP contribution in [0.15, 0.2) is 63.3 Å². The van der Waals surface area contributed by atoms with Crippen molar-refractivity contribution in [3.8, 4) is 5.69 Å². The van der Waals surface area contributed by atoms with E-state index in [0.29, 0.717) is 5.16 Å². The Hall–Kier alpha value is -3.99. The Kier molecular flexibility index (Phi) is 6.46. The number of aryl methyl sites for hydroxylation is 2. The van der Waals surface area contributed by atoms with Gasteiger partial charge >= 0.3 is 5.69 Å². The SMILES string of the molecule is Cc1cccc(C)c1-n1nnnc1SCC(=O)c1c(N)n(Cc2ccccc2)c(=O)n(C)c1=O. The van der Waals surface area contributed by atoms with Crippen LogP contribution in [0.5, 0.6) is 0 Å². The number of nitrogens with two attached hydrogens (primary N) is 1. The topological polar surface area (TPSA) is 131 Å². The molecule has 34 heavy (non-hydrogen) atoms. The maximum Gasteiger partial charge on any atom is 0.332 e. The number of tetrazole rings is 1. The molecule has 0 atom stereocenters. The standard InChI is InChI=1S/C23H23N7O3S/c1-14-8-7-9-15(2)19(14)30-22(25-26-27-30)34-13-17(31)18-20(24)29(23(33)28(3)21(18)32)12-16-10-5-4-6-11-16/h4-11H,12-13,24H2,1-3H3. The lowest BCUT2D eigenvalue weighted by molar-refractivity contribution is 0.102. The summed E-state index contributed by atoms with van der Waals surface area (Å²) in [6.07, 6.45) is 0. The molecule has 0 spiro atoms. The molecule has 0 radical (unpaired) electrons. The molecule has 2 aromatic heterocycles. The van der Waals surface area contributed by atoms with Gasteiger partial charge in [-0.3, -0.25) is 18.7 Å². The summed E-state index contributed by atoms with van der Waals surface area (Å²) in [5.41, 5.74) is 8.24. The van der Waals surface area contributed by atoms with Crippen molar-refractivity contribution in [3.63, 3.8) is 0 Å². The van der Waals surface area contributed by atoms with Gasteiger partial charge in [0.25, 0.3) is 5.56 Å². The lowest BCUT2D eigenvalue weighted by Gasteiger charge is -2.14. The normalized spacial score (nSPS) is 11.0. The second kappa shape index (κ2) is 9.48. The highest BCUT2D eigenvalue weighted by Gasteiger charge is 2.23. The number of ketones is 1. The van der Waals surface area contributed by atoms with Crippen molar-refractivity contribution in [2.24, 2.45) is 7.05 Å². The molecule has 4 rings (SSSR count). The third kappa shape index (κ3) is 4.29. The molecule has 4 aromatic rings. The van der Waals surface area contributed by atoms with Crippen molar-refractivity contribution in [1.82, 2.24) is 29.3 Å². The van der Waals surface area contributed by atoms with Crippen molar-refractivity contribution in [3.05, 3.63) is 91.6 Å². The van der Waals surface area contributed by atoms with E-state index in [1.54, 1.807) is 4.68 Å². The number of Topliss-reactive ketones (excluding diaryl/α,β-unsaturated/α-hetero) is 1. The Morgan fingerprint density at radius 2 is 1.71 bits per heavy atom. The highest BCUT2D eigenvalue weighted by atomic mass is 32.2. The summed E-state index contributed by atoms with van der Waals surface area (Å²) in [5, 5.41) is 12.3. The minimum atomic E-state index is -0.730. The van der Waals surface area contributed by atoms with E-state index in [4.69, 9.17) is 5.73 Å². The van der Waals surface area contributed by atoms with E-state index in [2.05, 4.69) is 15.5 Å². The van der Waals surface area contributed by atoms with Crippen LogP contribution in [0.4, 0.5) is 5.82 Å². The van der Waals surface area contributed by atoms with Crippen LogP contribution < -0.4 is 17.0 Å². The molecule has 0 bridgehead atoms. The highest BCUT2D eigenvalue weighted by Crippen LogP contribution is 2.24. The van der Waals surface area contributed by atoms with Crippen LogP contribution in [0.1, 0.15) is 27.0 Å². The van der Waals surface area contributed by atoms with Gasteiger partial charge in [0.2, 0.25) is 5.16 Å². The van der Waals surface area contributed by atoms with Gasteiger partial charge in [0.1, 0.15) is 11.4 Å². The van der Waals surface area contributed by atoms with Crippen LogP contribution in [-0.2, 0) is 13.6 Å². The van der Waals surface area contributed by atoms with Crippen LogP contribution in [0.3, 0.4) is 0 Å². The second-order valence-electron chi connectivity index (χ2n) is 7.80. The Bertz CT molecular complexity index is 1470. The van der Waals surface area contributed by atoms with E-state index in [0.717, 1.165) is 38.7 Å². The summed E-state index contributed by atoms with van der Waals surface area (Å²) in [7, 11) is 1.33. The zero-order valence-electron chi connectivity index (χ0n) is 18.9. The first kappa shape index (κ1) is 23.2. The molecule has 0 saturated carbocycles. The zero-order valence-corrected chi connectivity index (χ0v) is 19.7. The van der Waals surface area contributed by atoms with Crippen LogP contribution in [0.25, 0.3) is 5.69 Å². The average Bonchev–Trinajstić information content (AvgIpc) is 3.28. The first-order valence-electron chi connectivity index (χ1n) is 10.4. The lowest BCUT2D eigenvalue weighted by atomic mass is 10.1.